The summed E-state index contributed by atoms with van der Waals surface area (Å²) < 4.78 is 52.2. The van der Waals surface area contributed by atoms with Crippen molar-refractivity contribution in [1.82, 2.24) is 9.62 Å². The van der Waals surface area contributed by atoms with Gasteiger partial charge in [-0.05, 0) is 24.7 Å². The van der Waals surface area contributed by atoms with E-state index in [9.17, 15) is 17.2 Å². The van der Waals surface area contributed by atoms with Gasteiger partial charge in [-0.25, -0.2) is 17.2 Å². The first-order valence-corrected chi connectivity index (χ1v) is 6.98. The molecule has 0 saturated heterocycles. The third-order valence-corrected chi connectivity index (χ3v) is 4.33. The van der Waals surface area contributed by atoms with Crippen LogP contribution in [-0.4, -0.2) is 33.4 Å². The molecule has 7 heteroatoms. The lowest BCUT2D eigenvalue weighted by atomic mass is 10.2. The summed E-state index contributed by atoms with van der Waals surface area (Å²) in [6.07, 6.45) is 1.36. The molecule has 19 heavy (non-hydrogen) atoms. The fourth-order valence-electron chi connectivity index (χ4n) is 1.56. The van der Waals surface area contributed by atoms with Crippen LogP contribution in [0.2, 0.25) is 0 Å². The van der Waals surface area contributed by atoms with Gasteiger partial charge in [-0.2, -0.15) is 4.31 Å². The Kier molecular flexibility index (Phi) is 5.16. The SMILES string of the molecule is C=CCN(C)S(=O)(=O)c1cc(CNC)cc(F)c1F. The Labute approximate surface area is 111 Å². The molecule has 0 unspecified atom stereocenters. The summed E-state index contributed by atoms with van der Waals surface area (Å²) in [5.41, 5.74) is 0.354. The molecule has 106 valence electrons. The van der Waals surface area contributed by atoms with Crippen LogP contribution in [0.1, 0.15) is 5.56 Å². The molecule has 1 aromatic carbocycles. The van der Waals surface area contributed by atoms with Gasteiger partial charge in [-0.3, -0.25) is 0 Å². The van der Waals surface area contributed by atoms with Gasteiger partial charge >= 0.3 is 0 Å². The van der Waals surface area contributed by atoms with E-state index in [1.807, 2.05) is 0 Å². The lowest BCUT2D eigenvalue weighted by Crippen LogP contribution is -2.28. The smallest absolute Gasteiger partial charge is 0.246 e. The normalized spacial score (nSPS) is 11.8. The molecule has 4 nitrogen and oxygen atoms in total. The maximum absolute atomic E-state index is 13.7. The maximum atomic E-state index is 13.7. The molecule has 0 heterocycles. The highest BCUT2D eigenvalue weighted by atomic mass is 32.2. The van der Waals surface area contributed by atoms with Crippen LogP contribution in [0.5, 0.6) is 0 Å². The average Bonchev–Trinajstić information content (AvgIpc) is 2.34. The van der Waals surface area contributed by atoms with E-state index in [0.29, 0.717) is 5.56 Å². The van der Waals surface area contributed by atoms with E-state index >= 15 is 0 Å². The number of rotatable bonds is 6. The minimum Gasteiger partial charge on any atom is -0.316 e. The Bertz CT molecular complexity index is 573. The van der Waals surface area contributed by atoms with E-state index in [1.54, 1.807) is 7.05 Å². The zero-order valence-corrected chi connectivity index (χ0v) is 11.6. The Hall–Kier alpha value is -1.31. The molecular formula is C12H16F2N2O2S. The molecule has 0 bridgehead atoms. The molecule has 0 aliphatic carbocycles. The van der Waals surface area contributed by atoms with E-state index in [-0.39, 0.29) is 13.1 Å². The van der Waals surface area contributed by atoms with Gasteiger partial charge in [0, 0.05) is 20.1 Å². The molecule has 1 N–H and O–H groups in total. The van der Waals surface area contributed by atoms with Gasteiger partial charge in [-0.15, -0.1) is 6.58 Å². The minimum absolute atomic E-state index is 0.0135. The van der Waals surface area contributed by atoms with Crippen LogP contribution in [-0.2, 0) is 16.6 Å². The number of sulfonamides is 1. The highest BCUT2D eigenvalue weighted by Gasteiger charge is 2.26. The second kappa shape index (κ2) is 6.23. The molecular weight excluding hydrogens is 274 g/mol. The minimum atomic E-state index is -4.08. The number of hydrogen-bond acceptors (Lipinski definition) is 3. The standard InChI is InChI=1S/C12H16F2N2O2S/c1-4-5-16(3)19(17,18)11-7-9(8-15-2)6-10(13)12(11)14/h4,6-7,15H,1,5,8H2,2-3H3. The lowest BCUT2D eigenvalue weighted by Gasteiger charge is -2.16. The summed E-state index contributed by atoms with van der Waals surface area (Å²) >= 11 is 0. The Balaban J connectivity index is 3.36. The maximum Gasteiger partial charge on any atom is 0.246 e. The van der Waals surface area contributed by atoms with Crippen LogP contribution in [0.3, 0.4) is 0 Å². The molecule has 0 fully saturated rings. The van der Waals surface area contributed by atoms with Crippen molar-refractivity contribution in [2.45, 2.75) is 11.4 Å². The van der Waals surface area contributed by atoms with E-state index < -0.39 is 26.6 Å². The van der Waals surface area contributed by atoms with Gasteiger partial charge < -0.3 is 5.32 Å². The first-order chi connectivity index (χ1) is 8.84. The fourth-order valence-corrected chi connectivity index (χ4v) is 2.82. The largest absolute Gasteiger partial charge is 0.316 e. The van der Waals surface area contributed by atoms with Crippen molar-refractivity contribution in [3.05, 3.63) is 42.0 Å². The zero-order chi connectivity index (χ0) is 14.6. The molecule has 0 spiro atoms. The molecule has 0 atom stereocenters. The highest BCUT2D eigenvalue weighted by molar-refractivity contribution is 7.89. The molecule has 1 aromatic rings. The second-order valence-corrected chi connectivity index (χ2v) is 6.01. The van der Waals surface area contributed by atoms with E-state index in [2.05, 4.69) is 11.9 Å². The average molecular weight is 290 g/mol. The summed E-state index contributed by atoms with van der Waals surface area (Å²) in [4.78, 5) is -0.665. The number of hydrogen-bond donors (Lipinski definition) is 1. The molecule has 0 amide bonds. The molecule has 0 saturated carbocycles. The van der Waals surface area contributed by atoms with Crippen LogP contribution in [0.25, 0.3) is 0 Å². The van der Waals surface area contributed by atoms with Gasteiger partial charge in [0.05, 0.1) is 0 Å². The van der Waals surface area contributed by atoms with Crippen LogP contribution in [0.4, 0.5) is 8.78 Å². The quantitative estimate of drug-likeness (QED) is 0.808. The molecule has 0 aliphatic rings. The van der Waals surface area contributed by atoms with Crippen LogP contribution >= 0.6 is 0 Å². The summed E-state index contributed by atoms with van der Waals surface area (Å²) in [6, 6.07) is 2.10. The fraction of sp³-hybridized carbons (Fsp3) is 0.333. The summed E-state index contributed by atoms with van der Waals surface area (Å²) in [5, 5.41) is 2.75. The predicted molar refractivity (Wildman–Crippen MR) is 69.1 cm³/mol. The molecule has 0 radical (unpaired) electrons. The van der Waals surface area contributed by atoms with Crippen molar-refractivity contribution < 1.29 is 17.2 Å². The van der Waals surface area contributed by atoms with Crippen molar-refractivity contribution in [2.75, 3.05) is 20.6 Å². The third kappa shape index (κ3) is 3.37. The molecule has 1 rings (SSSR count). The van der Waals surface area contributed by atoms with Gasteiger partial charge in [0.1, 0.15) is 4.90 Å². The van der Waals surface area contributed by atoms with Gasteiger partial charge in [0.15, 0.2) is 11.6 Å². The number of halogens is 2. The Morgan fingerprint density at radius 3 is 2.58 bits per heavy atom. The van der Waals surface area contributed by atoms with Crippen LogP contribution < -0.4 is 5.32 Å². The number of likely N-dealkylation sites (N-methyl/N-ethyl adjacent to an activating group) is 1. The summed E-state index contributed by atoms with van der Waals surface area (Å²) in [7, 11) is -1.17. The predicted octanol–water partition coefficient (Wildman–Crippen LogP) is 1.49. The third-order valence-electron chi connectivity index (χ3n) is 2.51. The summed E-state index contributed by atoms with van der Waals surface area (Å²) in [5.74, 6) is -2.55. The molecule has 0 aliphatic heterocycles. The summed E-state index contributed by atoms with van der Waals surface area (Å²) in [6.45, 7) is 3.67. The van der Waals surface area contributed by atoms with E-state index in [4.69, 9.17) is 0 Å². The number of nitrogens with zero attached hydrogens (tertiary/aromatic N) is 1. The van der Waals surface area contributed by atoms with Gasteiger partial charge in [-0.1, -0.05) is 6.08 Å². The van der Waals surface area contributed by atoms with Crippen molar-refractivity contribution in [3.63, 3.8) is 0 Å². The van der Waals surface area contributed by atoms with E-state index in [1.165, 1.54) is 13.1 Å². The first kappa shape index (κ1) is 15.7. The van der Waals surface area contributed by atoms with Crippen molar-refractivity contribution in [3.8, 4) is 0 Å². The number of nitrogens with one attached hydrogen (secondary N) is 1. The Morgan fingerprint density at radius 2 is 2.05 bits per heavy atom. The van der Waals surface area contributed by atoms with Crippen LogP contribution in [0, 0.1) is 11.6 Å². The first-order valence-electron chi connectivity index (χ1n) is 5.54. The lowest BCUT2D eigenvalue weighted by molar-refractivity contribution is 0.462. The number of benzene rings is 1. The molecule has 0 aromatic heterocycles. The van der Waals surface area contributed by atoms with E-state index in [0.717, 1.165) is 16.4 Å². The van der Waals surface area contributed by atoms with Crippen molar-refractivity contribution in [1.29, 1.82) is 0 Å². The zero-order valence-electron chi connectivity index (χ0n) is 10.8. The van der Waals surface area contributed by atoms with Gasteiger partial charge in [0.25, 0.3) is 0 Å². The highest BCUT2D eigenvalue weighted by Crippen LogP contribution is 2.22. The van der Waals surface area contributed by atoms with Crippen LogP contribution in [0.15, 0.2) is 29.7 Å². The van der Waals surface area contributed by atoms with Gasteiger partial charge in [0.2, 0.25) is 10.0 Å². The second-order valence-electron chi connectivity index (χ2n) is 3.99. The topological polar surface area (TPSA) is 49.4 Å². The Morgan fingerprint density at radius 1 is 1.42 bits per heavy atom. The van der Waals surface area contributed by atoms with Crippen molar-refractivity contribution in [2.24, 2.45) is 0 Å². The van der Waals surface area contributed by atoms with Crippen molar-refractivity contribution >= 4 is 10.0 Å². The monoisotopic (exact) mass is 290 g/mol.